The quantitative estimate of drug-likeness (QED) is 0.0579. The van der Waals surface area contributed by atoms with E-state index in [1.54, 1.807) is 0 Å². The molecule has 0 rings (SSSR count). The predicted octanol–water partition coefficient (Wildman–Crippen LogP) is 13.9. The van der Waals surface area contributed by atoms with Gasteiger partial charge in [-0.25, -0.2) is 0 Å². The summed E-state index contributed by atoms with van der Waals surface area (Å²) in [5.74, 6) is 0. The fourth-order valence-corrected chi connectivity index (χ4v) is 7.31. The normalized spacial score (nSPS) is 14.5. The Morgan fingerprint density at radius 3 is 0.739 bits per heavy atom. The zero-order valence-corrected chi connectivity index (χ0v) is 32.2. The van der Waals surface area contributed by atoms with Crippen LogP contribution >= 0.6 is 0 Å². The van der Waals surface area contributed by atoms with Crippen LogP contribution in [0.25, 0.3) is 0 Å². The lowest BCUT2D eigenvalue weighted by Gasteiger charge is -2.38. The summed E-state index contributed by atoms with van der Waals surface area (Å²) < 4.78 is 0. The van der Waals surface area contributed by atoms with Gasteiger partial charge in [-0.15, -0.1) is 0 Å². The van der Waals surface area contributed by atoms with Crippen LogP contribution in [0.5, 0.6) is 0 Å². The molecule has 3 N–H and O–H groups in total. The van der Waals surface area contributed by atoms with Gasteiger partial charge in [0.25, 0.3) is 0 Å². The van der Waals surface area contributed by atoms with Crippen LogP contribution in [0.4, 0.5) is 0 Å². The van der Waals surface area contributed by atoms with Gasteiger partial charge >= 0.3 is 0 Å². The molecule has 0 radical (unpaired) electrons. The molecule has 0 aliphatic carbocycles. The number of unbranched alkanes of at least 4 members (excludes halogenated alkanes) is 31. The van der Waals surface area contributed by atoms with E-state index in [1.165, 1.54) is 180 Å². The maximum atomic E-state index is 11.7. The van der Waals surface area contributed by atoms with Gasteiger partial charge in [-0.3, -0.25) is 0 Å². The molecule has 3 atom stereocenters. The maximum absolute atomic E-state index is 11.7. The molecule has 0 saturated heterocycles. The first-order valence-corrected chi connectivity index (χ1v) is 21.6. The smallest absolute Gasteiger partial charge is 0.116 e. The summed E-state index contributed by atoms with van der Waals surface area (Å²) >= 11 is 0. The highest BCUT2D eigenvalue weighted by atomic mass is 16.4. The third-order valence-corrected chi connectivity index (χ3v) is 10.7. The van der Waals surface area contributed by atoms with Crippen LogP contribution in [-0.2, 0) is 0 Å². The molecule has 0 aromatic rings. The molecule has 0 spiro atoms. The predicted molar refractivity (Wildman–Crippen MR) is 205 cm³/mol. The van der Waals surface area contributed by atoms with E-state index in [0.717, 1.165) is 38.5 Å². The van der Waals surface area contributed by atoms with E-state index in [1.807, 2.05) is 0 Å². The van der Waals surface area contributed by atoms with Crippen molar-refractivity contribution in [2.75, 3.05) is 0 Å². The minimum atomic E-state index is -1.35. The molecule has 0 aliphatic rings. The van der Waals surface area contributed by atoms with Crippen molar-refractivity contribution >= 4 is 0 Å². The summed E-state index contributed by atoms with van der Waals surface area (Å²) in [7, 11) is 0. The van der Waals surface area contributed by atoms with Gasteiger partial charge in [-0.2, -0.15) is 0 Å². The molecule has 3 nitrogen and oxygen atoms in total. The second kappa shape index (κ2) is 36.2. The lowest BCUT2D eigenvalue weighted by Crippen LogP contribution is -2.52. The second-order valence-electron chi connectivity index (χ2n) is 15.3. The van der Waals surface area contributed by atoms with Crippen LogP contribution in [0.15, 0.2) is 0 Å². The van der Waals surface area contributed by atoms with E-state index < -0.39 is 17.8 Å². The Bertz CT molecular complexity index is 566. The van der Waals surface area contributed by atoms with Gasteiger partial charge in [0, 0.05) is 0 Å². The van der Waals surface area contributed by atoms with Crippen LogP contribution in [0.1, 0.15) is 258 Å². The summed E-state index contributed by atoms with van der Waals surface area (Å²) in [6, 6.07) is 0. The zero-order valence-electron chi connectivity index (χ0n) is 32.2. The largest absolute Gasteiger partial charge is 0.390 e. The number of aliphatic hydroxyl groups is 3. The Labute approximate surface area is 290 Å². The van der Waals surface area contributed by atoms with E-state index in [-0.39, 0.29) is 0 Å². The lowest BCUT2D eigenvalue weighted by molar-refractivity contribution is -0.156. The van der Waals surface area contributed by atoms with Crippen molar-refractivity contribution in [2.45, 2.75) is 276 Å². The monoisotopic (exact) mass is 653 g/mol. The lowest BCUT2D eigenvalue weighted by atomic mass is 9.80. The topological polar surface area (TPSA) is 60.7 Å². The number of rotatable bonds is 39. The van der Waals surface area contributed by atoms with Crippen LogP contribution in [0.2, 0.25) is 0 Å². The van der Waals surface area contributed by atoms with Crippen molar-refractivity contribution < 1.29 is 15.3 Å². The van der Waals surface area contributed by atoms with E-state index in [9.17, 15) is 15.3 Å². The molecule has 278 valence electrons. The fourth-order valence-electron chi connectivity index (χ4n) is 7.31. The number of hydrogen-bond acceptors (Lipinski definition) is 3. The van der Waals surface area contributed by atoms with Gasteiger partial charge < -0.3 is 15.3 Å². The van der Waals surface area contributed by atoms with Crippen molar-refractivity contribution in [3.05, 3.63) is 0 Å². The Morgan fingerprint density at radius 2 is 0.500 bits per heavy atom. The van der Waals surface area contributed by atoms with Crippen molar-refractivity contribution in [3.8, 4) is 0 Å². The Hall–Kier alpha value is -0.120. The van der Waals surface area contributed by atoms with Gasteiger partial charge in [0.05, 0.1) is 12.2 Å². The first-order chi connectivity index (χ1) is 22.5. The fraction of sp³-hybridized carbons (Fsp3) is 1.00. The minimum absolute atomic E-state index is 0.530. The molecule has 0 aromatic heterocycles. The minimum Gasteiger partial charge on any atom is -0.390 e. The summed E-state index contributed by atoms with van der Waals surface area (Å²) in [6.45, 7) is 6.82. The summed E-state index contributed by atoms with van der Waals surface area (Å²) in [6.07, 6.45) is 43.8. The average Bonchev–Trinajstić information content (AvgIpc) is 3.06. The Balaban J connectivity index is 4.34. The van der Waals surface area contributed by atoms with Gasteiger partial charge in [0.1, 0.15) is 5.60 Å². The van der Waals surface area contributed by atoms with E-state index in [4.69, 9.17) is 0 Å². The van der Waals surface area contributed by atoms with Crippen molar-refractivity contribution in [3.63, 3.8) is 0 Å². The Morgan fingerprint density at radius 1 is 0.304 bits per heavy atom. The van der Waals surface area contributed by atoms with Crippen molar-refractivity contribution in [2.24, 2.45) is 0 Å². The molecule has 46 heavy (non-hydrogen) atoms. The van der Waals surface area contributed by atoms with Gasteiger partial charge in [0.2, 0.25) is 0 Å². The molecule has 0 aliphatic heterocycles. The van der Waals surface area contributed by atoms with Crippen LogP contribution < -0.4 is 0 Å². The molecule has 0 bridgehead atoms. The molecular weight excluding hydrogens is 564 g/mol. The summed E-state index contributed by atoms with van der Waals surface area (Å²) in [5.41, 5.74) is -1.35. The summed E-state index contributed by atoms with van der Waals surface area (Å²) in [4.78, 5) is 0. The molecule has 0 saturated carbocycles. The van der Waals surface area contributed by atoms with Gasteiger partial charge in [-0.1, -0.05) is 239 Å². The van der Waals surface area contributed by atoms with Crippen LogP contribution in [-0.4, -0.2) is 33.1 Å². The molecule has 0 fully saturated rings. The molecule has 3 unspecified atom stereocenters. The highest BCUT2D eigenvalue weighted by Gasteiger charge is 2.41. The molecule has 0 heterocycles. The second-order valence-corrected chi connectivity index (χ2v) is 15.3. The zero-order chi connectivity index (χ0) is 33.8. The molecule has 0 aromatic carbocycles. The third-order valence-electron chi connectivity index (χ3n) is 10.7. The van der Waals surface area contributed by atoms with Crippen molar-refractivity contribution in [1.82, 2.24) is 0 Å². The van der Waals surface area contributed by atoms with E-state index in [2.05, 4.69) is 20.8 Å². The number of aliphatic hydroxyl groups excluding tert-OH is 2. The molecule has 0 amide bonds. The third kappa shape index (κ3) is 28.9. The van der Waals surface area contributed by atoms with Gasteiger partial charge in [0.15, 0.2) is 0 Å². The Kier molecular flexibility index (Phi) is 36.1. The van der Waals surface area contributed by atoms with Crippen LogP contribution in [0.3, 0.4) is 0 Å². The highest BCUT2D eigenvalue weighted by Crippen LogP contribution is 2.30. The van der Waals surface area contributed by atoms with Crippen molar-refractivity contribution in [1.29, 1.82) is 0 Å². The standard InChI is InChI=1S/C43H88O3/c1-4-7-10-13-16-19-22-23-24-25-27-30-33-36-39-42(45)43(46,40-37-34-31-28-21-18-15-12-9-6-3)41(44)38-35-32-29-26-20-17-14-11-8-5-2/h41-42,44-46H,4-40H2,1-3H3. The van der Waals surface area contributed by atoms with Crippen LogP contribution in [0, 0.1) is 0 Å². The SMILES string of the molecule is CCCCCCCCCCCCCCCCC(O)C(O)(CCCCCCCCCCCC)C(O)CCCCCCCCCCCC. The highest BCUT2D eigenvalue weighted by molar-refractivity contribution is 4.93. The average molecular weight is 653 g/mol. The maximum Gasteiger partial charge on any atom is 0.116 e. The van der Waals surface area contributed by atoms with E-state index >= 15 is 0 Å². The number of hydrogen-bond donors (Lipinski definition) is 3. The van der Waals surface area contributed by atoms with Gasteiger partial charge in [-0.05, 0) is 19.3 Å². The molecular formula is C43H88O3. The molecule has 3 heteroatoms. The summed E-state index contributed by atoms with van der Waals surface area (Å²) in [5, 5.41) is 34.2. The first kappa shape index (κ1) is 45.9. The first-order valence-electron chi connectivity index (χ1n) is 21.6. The van der Waals surface area contributed by atoms with E-state index in [0.29, 0.717) is 19.3 Å².